The first kappa shape index (κ1) is 15.0. The molecular weight excluding hydrogens is 283 g/mol. The number of halogens is 1. The molecule has 2 aromatic rings. The van der Waals surface area contributed by atoms with E-state index in [2.05, 4.69) is 17.2 Å². The van der Waals surface area contributed by atoms with E-state index in [1.54, 1.807) is 6.07 Å². The summed E-state index contributed by atoms with van der Waals surface area (Å²) in [5, 5.41) is 3.80. The number of aromatic nitrogens is 1. The Morgan fingerprint density at radius 1 is 1.50 bits per heavy atom. The van der Waals surface area contributed by atoms with Crippen LogP contribution in [0.25, 0.3) is 10.9 Å². The normalized spacial score (nSPS) is 18.0. The quantitative estimate of drug-likeness (QED) is 0.912. The molecule has 2 heterocycles. The lowest BCUT2D eigenvalue weighted by Crippen LogP contribution is -2.30. The van der Waals surface area contributed by atoms with Crippen molar-refractivity contribution >= 4 is 16.8 Å². The first-order valence-electron chi connectivity index (χ1n) is 7.75. The Morgan fingerprint density at radius 3 is 3.00 bits per heavy atom. The Bertz CT molecular complexity index is 702. The highest BCUT2D eigenvalue weighted by Gasteiger charge is 2.23. The van der Waals surface area contributed by atoms with E-state index < -0.39 is 0 Å². The van der Waals surface area contributed by atoms with E-state index in [9.17, 15) is 9.18 Å². The Kier molecular flexibility index (Phi) is 4.16. The number of amides is 1. The van der Waals surface area contributed by atoms with Crippen molar-refractivity contribution in [1.29, 1.82) is 0 Å². The lowest BCUT2D eigenvalue weighted by Gasteiger charge is -2.10. The Balaban J connectivity index is 1.85. The van der Waals surface area contributed by atoms with Gasteiger partial charge in [-0.15, -0.1) is 0 Å². The zero-order valence-corrected chi connectivity index (χ0v) is 13.0. The molecule has 0 saturated carbocycles. The smallest absolute Gasteiger partial charge is 0.225 e. The van der Waals surface area contributed by atoms with Crippen LogP contribution in [0, 0.1) is 18.7 Å². The number of H-pyrrole nitrogens is 1. The first-order valence-corrected chi connectivity index (χ1v) is 7.75. The van der Waals surface area contributed by atoms with Gasteiger partial charge in [-0.05, 0) is 43.0 Å². The second kappa shape index (κ2) is 6.08. The zero-order valence-electron chi connectivity index (χ0n) is 13.0. The maximum atomic E-state index is 13.9. The van der Waals surface area contributed by atoms with E-state index in [1.165, 1.54) is 6.07 Å². The van der Waals surface area contributed by atoms with Crippen LogP contribution in [0.3, 0.4) is 0 Å². The summed E-state index contributed by atoms with van der Waals surface area (Å²) in [6.45, 7) is 5.50. The molecule has 118 valence electrons. The summed E-state index contributed by atoms with van der Waals surface area (Å²) in [6, 6.07) is 3.04. The SMILES string of the molecule is CCc1[nH]c2c(CNC(=O)C3CCOC3)cc(F)cc2c1C. The zero-order chi connectivity index (χ0) is 15.7. The number of ether oxygens (including phenoxy) is 1. The van der Waals surface area contributed by atoms with Crippen molar-refractivity contribution in [1.82, 2.24) is 10.3 Å². The second-order valence-electron chi connectivity index (χ2n) is 5.85. The predicted molar refractivity (Wildman–Crippen MR) is 83.1 cm³/mol. The molecule has 1 aromatic heterocycles. The fourth-order valence-electron chi connectivity index (χ4n) is 3.07. The summed E-state index contributed by atoms with van der Waals surface area (Å²) >= 11 is 0. The number of carbonyl (C=O) groups is 1. The highest BCUT2D eigenvalue weighted by atomic mass is 19.1. The maximum absolute atomic E-state index is 13.9. The number of hydrogen-bond donors (Lipinski definition) is 2. The molecule has 0 spiro atoms. The molecule has 0 bridgehead atoms. The molecule has 0 aliphatic carbocycles. The lowest BCUT2D eigenvalue weighted by molar-refractivity contribution is -0.125. The highest BCUT2D eigenvalue weighted by molar-refractivity contribution is 5.88. The Hall–Kier alpha value is -1.88. The number of fused-ring (bicyclic) bond motifs is 1. The van der Waals surface area contributed by atoms with Gasteiger partial charge in [0.05, 0.1) is 18.0 Å². The minimum absolute atomic E-state index is 0.0195. The molecule has 0 radical (unpaired) electrons. The van der Waals surface area contributed by atoms with Crippen LogP contribution in [0.5, 0.6) is 0 Å². The van der Waals surface area contributed by atoms with Crippen molar-refractivity contribution in [2.75, 3.05) is 13.2 Å². The van der Waals surface area contributed by atoms with Crippen molar-refractivity contribution in [3.8, 4) is 0 Å². The van der Waals surface area contributed by atoms with Crippen LogP contribution >= 0.6 is 0 Å². The summed E-state index contributed by atoms with van der Waals surface area (Å²) in [4.78, 5) is 15.4. The molecule has 1 aliphatic rings. The van der Waals surface area contributed by atoms with Gasteiger partial charge in [-0.1, -0.05) is 6.92 Å². The van der Waals surface area contributed by atoms with Gasteiger partial charge in [0.1, 0.15) is 5.82 Å². The molecule has 3 rings (SSSR count). The summed E-state index contributed by atoms with van der Waals surface area (Å²) in [7, 11) is 0. The van der Waals surface area contributed by atoms with Crippen molar-refractivity contribution in [3.63, 3.8) is 0 Å². The minimum atomic E-state index is -0.272. The van der Waals surface area contributed by atoms with Gasteiger partial charge in [-0.25, -0.2) is 4.39 Å². The number of benzene rings is 1. The van der Waals surface area contributed by atoms with Crippen LogP contribution in [-0.2, 0) is 22.5 Å². The van der Waals surface area contributed by atoms with Gasteiger partial charge in [0.15, 0.2) is 0 Å². The molecule has 1 amide bonds. The Morgan fingerprint density at radius 2 is 2.32 bits per heavy atom. The van der Waals surface area contributed by atoms with Crippen LogP contribution in [0.2, 0.25) is 0 Å². The third-order valence-corrected chi connectivity index (χ3v) is 4.42. The molecule has 4 nitrogen and oxygen atoms in total. The third-order valence-electron chi connectivity index (χ3n) is 4.42. The van der Waals surface area contributed by atoms with Gasteiger partial charge >= 0.3 is 0 Å². The van der Waals surface area contributed by atoms with Gasteiger partial charge in [0.25, 0.3) is 0 Å². The molecule has 1 unspecified atom stereocenters. The molecule has 1 atom stereocenters. The molecule has 1 fully saturated rings. The van der Waals surface area contributed by atoms with E-state index >= 15 is 0 Å². The fourth-order valence-corrected chi connectivity index (χ4v) is 3.07. The Labute approximate surface area is 129 Å². The molecule has 2 N–H and O–H groups in total. The average molecular weight is 304 g/mol. The number of nitrogens with one attached hydrogen (secondary N) is 2. The molecule has 1 aromatic carbocycles. The molecule has 1 aliphatic heterocycles. The molecule has 1 saturated heterocycles. The summed E-state index contributed by atoms with van der Waals surface area (Å²) < 4.78 is 19.1. The number of aryl methyl sites for hydroxylation is 2. The van der Waals surface area contributed by atoms with E-state index in [0.29, 0.717) is 19.8 Å². The first-order chi connectivity index (χ1) is 10.6. The van der Waals surface area contributed by atoms with Crippen molar-refractivity contribution in [2.45, 2.75) is 33.2 Å². The number of carbonyl (C=O) groups excluding carboxylic acids is 1. The van der Waals surface area contributed by atoms with E-state index in [-0.39, 0.29) is 17.6 Å². The van der Waals surface area contributed by atoms with Gasteiger partial charge in [-0.3, -0.25) is 4.79 Å². The topological polar surface area (TPSA) is 54.1 Å². The maximum Gasteiger partial charge on any atom is 0.225 e. The standard InChI is InChI=1S/C17H21FN2O2/c1-3-15-10(2)14-7-13(18)6-12(16(14)20-15)8-19-17(21)11-4-5-22-9-11/h6-7,11,20H,3-5,8-9H2,1-2H3,(H,19,21). The van der Waals surface area contributed by atoms with Gasteiger partial charge < -0.3 is 15.0 Å². The number of rotatable bonds is 4. The van der Waals surface area contributed by atoms with Crippen molar-refractivity contribution < 1.29 is 13.9 Å². The fraction of sp³-hybridized carbons (Fsp3) is 0.471. The van der Waals surface area contributed by atoms with E-state index in [1.807, 2.05) is 6.92 Å². The summed E-state index contributed by atoms with van der Waals surface area (Å²) in [5.41, 5.74) is 3.88. The number of aromatic amines is 1. The van der Waals surface area contributed by atoms with Crippen LogP contribution in [0.1, 0.15) is 30.2 Å². The molecule has 22 heavy (non-hydrogen) atoms. The van der Waals surface area contributed by atoms with Gasteiger partial charge in [-0.2, -0.15) is 0 Å². The highest BCUT2D eigenvalue weighted by Crippen LogP contribution is 2.26. The molecular formula is C17H21FN2O2. The summed E-state index contributed by atoms with van der Waals surface area (Å²) in [5.74, 6) is -0.375. The predicted octanol–water partition coefficient (Wildman–Crippen LogP) is 2.83. The van der Waals surface area contributed by atoms with E-state index in [4.69, 9.17) is 4.74 Å². The van der Waals surface area contributed by atoms with Gasteiger partial charge in [0, 0.05) is 24.2 Å². The van der Waals surface area contributed by atoms with Gasteiger partial charge in [0.2, 0.25) is 5.91 Å². The van der Waals surface area contributed by atoms with E-state index in [0.717, 1.165) is 40.6 Å². The third kappa shape index (κ3) is 2.73. The largest absolute Gasteiger partial charge is 0.381 e. The van der Waals surface area contributed by atoms with Crippen LogP contribution in [0.15, 0.2) is 12.1 Å². The molecule has 5 heteroatoms. The van der Waals surface area contributed by atoms with Crippen LogP contribution < -0.4 is 5.32 Å². The number of hydrogen-bond acceptors (Lipinski definition) is 2. The monoisotopic (exact) mass is 304 g/mol. The minimum Gasteiger partial charge on any atom is -0.381 e. The summed E-state index contributed by atoms with van der Waals surface area (Å²) in [6.07, 6.45) is 1.62. The second-order valence-corrected chi connectivity index (χ2v) is 5.85. The van der Waals surface area contributed by atoms with Crippen LogP contribution in [0.4, 0.5) is 4.39 Å². The van der Waals surface area contributed by atoms with Crippen LogP contribution in [-0.4, -0.2) is 24.1 Å². The van der Waals surface area contributed by atoms with Crippen molar-refractivity contribution in [3.05, 3.63) is 34.8 Å². The van der Waals surface area contributed by atoms with Crippen molar-refractivity contribution in [2.24, 2.45) is 5.92 Å². The average Bonchev–Trinajstić information content (AvgIpc) is 3.13. The lowest BCUT2D eigenvalue weighted by atomic mass is 10.1.